The molecule has 0 saturated carbocycles. The molecule has 0 aliphatic rings. The molecule has 0 N–H and O–H groups in total. The zero-order chi connectivity index (χ0) is 10.8. The number of benzene rings is 1. The van der Waals surface area contributed by atoms with E-state index in [0.717, 1.165) is 10.8 Å². The highest BCUT2D eigenvalue weighted by atomic mass is 35.5. The topological polar surface area (TPSA) is 45.9 Å². The molecule has 0 atom stereocenters. The first kappa shape index (κ1) is 9.75. The van der Waals surface area contributed by atoms with Crippen LogP contribution < -0.4 is 4.74 Å². The summed E-state index contributed by atoms with van der Waals surface area (Å²) in [5.41, 5.74) is 0.289. The maximum atomic E-state index is 8.77. The molecule has 2 aromatic rings. The molecule has 0 fully saturated rings. The molecule has 15 heavy (non-hydrogen) atoms. The second-order valence-corrected chi connectivity index (χ2v) is 3.32. The minimum Gasteiger partial charge on any atom is -0.496 e. The van der Waals surface area contributed by atoms with Gasteiger partial charge >= 0.3 is 0 Å². The van der Waals surface area contributed by atoms with Gasteiger partial charge in [-0.1, -0.05) is 23.7 Å². The summed E-state index contributed by atoms with van der Waals surface area (Å²) in [6.45, 7) is 0. The van der Waals surface area contributed by atoms with Gasteiger partial charge in [0.05, 0.1) is 7.11 Å². The molecule has 4 heteroatoms. The van der Waals surface area contributed by atoms with Crippen LogP contribution in [0.2, 0.25) is 5.15 Å². The average Bonchev–Trinajstić information content (AvgIpc) is 2.28. The Morgan fingerprint density at radius 1 is 1.40 bits per heavy atom. The Morgan fingerprint density at radius 2 is 2.20 bits per heavy atom. The number of rotatable bonds is 1. The zero-order valence-corrected chi connectivity index (χ0v) is 8.75. The highest BCUT2D eigenvalue weighted by Gasteiger charge is 2.07. The molecule has 2 rings (SSSR count). The van der Waals surface area contributed by atoms with Crippen LogP contribution in [0.3, 0.4) is 0 Å². The van der Waals surface area contributed by atoms with Crippen molar-refractivity contribution < 1.29 is 4.74 Å². The molecule has 0 aliphatic heterocycles. The van der Waals surface area contributed by atoms with E-state index in [1.807, 2.05) is 24.3 Å². The summed E-state index contributed by atoms with van der Waals surface area (Å²) in [4.78, 5) is 3.94. The monoisotopic (exact) mass is 218 g/mol. The summed E-state index contributed by atoms with van der Waals surface area (Å²) in [6, 6.07) is 9.12. The third-order valence-electron chi connectivity index (χ3n) is 2.12. The van der Waals surface area contributed by atoms with Crippen LogP contribution in [-0.4, -0.2) is 12.1 Å². The lowest BCUT2D eigenvalue weighted by Crippen LogP contribution is -1.89. The number of ether oxygens (including phenoxy) is 1. The average molecular weight is 219 g/mol. The van der Waals surface area contributed by atoms with Gasteiger partial charge in [-0.05, 0) is 12.1 Å². The van der Waals surface area contributed by atoms with Gasteiger partial charge in [0.2, 0.25) is 0 Å². The Balaban J connectivity index is 2.87. The summed E-state index contributed by atoms with van der Waals surface area (Å²) >= 11 is 5.95. The van der Waals surface area contributed by atoms with Crippen molar-refractivity contribution in [1.82, 2.24) is 4.98 Å². The van der Waals surface area contributed by atoms with E-state index in [0.29, 0.717) is 10.9 Å². The Hall–Kier alpha value is -1.79. The summed E-state index contributed by atoms with van der Waals surface area (Å²) in [5, 5.41) is 10.7. The van der Waals surface area contributed by atoms with Gasteiger partial charge in [0.15, 0.2) is 0 Å². The lowest BCUT2D eigenvalue weighted by molar-refractivity contribution is 0.420. The molecule has 1 aromatic heterocycles. The van der Waals surface area contributed by atoms with E-state index in [-0.39, 0.29) is 5.69 Å². The first-order valence-electron chi connectivity index (χ1n) is 4.29. The fourth-order valence-electron chi connectivity index (χ4n) is 1.44. The first-order chi connectivity index (χ1) is 7.26. The molecular weight excluding hydrogens is 212 g/mol. The molecule has 1 aromatic carbocycles. The lowest BCUT2D eigenvalue weighted by atomic mass is 10.1. The first-order valence-corrected chi connectivity index (χ1v) is 4.67. The van der Waals surface area contributed by atoms with Crippen molar-refractivity contribution in [3.05, 3.63) is 35.1 Å². The molecule has 0 aliphatic carbocycles. The van der Waals surface area contributed by atoms with Crippen LogP contribution >= 0.6 is 11.6 Å². The van der Waals surface area contributed by atoms with Gasteiger partial charge < -0.3 is 4.74 Å². The third-order valence-corrected chi connectivity index (χ3v) is 2.41. The van der Waals surface area contributed by atoms with E-state index >= 15 is 0 Å². The Kier molecular flexibility index (Phi) is 2.44. The molecule has 0 saturated heterocycles. The Labute approximate surface area is 91.9 Å². The molecular formula is C11H7ClN2O. The number of pyridine rings is 1. The number of hydrogen-bond donors (Lipinski definition) is 0. The van der Waals surface area contributed by atoms with E-state index in [9.17, 15) is 0 Å². The molecule has 0 amide bonds. The highest BCUT2D eigenvalue weighted by molar-refractivity contribution is 6.34. The fraction of sp³-hybridized carbons (Fsp3) is 0.0909. The van der Waals surface area contributed by atoms with Gasteiger partial charge in [0.1, 0.15) is 22.7 Å². The summed E-state index contributed by atoms with van der Waals surface area (Å²) in [5.74, 6) is 0.688. The van der Waals surface area contributed by atoms with Crippen LogP contribution in [0, 0.1) is 11.3 Å². The van der Waals surface area contributed by atoms with Crippen LogP contribution in [-0.2, 0) is 0 Å². The van der Waals surface area contributed by atoms with Crippen molar-refractivity contribution in [1.29, 1.82) is 5.26 Å². The van der Waals surface area contributed by atoms with Crippen molar-refractivity contribution in [2.45, 2.75) is 0 Å². The van der Waals surface area contributed by atoms with Crippen LogP contribution in [0.25, 0.3) is 10.8 Å². The van der Waals surface area contributed by atoms with Gasteiger partial charge in [-0.25, -0.2) is 4.98 Å². The minimum atomic E-state index is 0.289. The lowest BCUT2D eigenvalue weighted by Gasteiger charge is -2.05. The number of hydrogen-bond acceptors (Lipinski definition) is 3. The van der Waals surface area contributed by atoms with Gasteiger partial charge in [0, 0.05) is 10.8 Å². The predicted octanol–water partition coefficient (Wildman–Crippen LogP) is 2.77. The Morgan fingerprint density at radius 3 is 2.87 bits per heavy atom. The molecule has 0 radical (unpaired) electrons. The number of nitrogens with zero attached hydrogens (tertiary/aromatic N) is 2. The highest BCUT2D eigenvalue weighted by Crippen LogP contribution is 2.29. The number of fused-ring (bicyclic) bond motifs is 1. The van der Waals surface area contributed by atoms with E-state index in [2.05, 4.69) is 4.98 Å². The summed E-state index contributed by atoms with van der Waals surface area (Å²) in [7, 11) is 1.58. The van der Waals surface area contributed by atoms with Crippen molar-refractivity contribution >= 4 is 22.4 Å². The summed E-state index contributed by atoms with van der Waals surface area (Å²) < 4.78 is 5.19. The Bertz CT molecular complexity index is 560. The van der Waals surface area contributed by atoms with Crippen LogP contribution in [0.1, 0.15) is 5.69 Å². The second kappa shape index (κ2) is 3.76. The number of halogens is 1. The molecule has 0 bridgehead atoms. The van der Waals surface area contributed by atoms with Crippen molar-refractivity contribution in [3.63, 3.8) is 0 Å². The maximum Gasteiger partial charge on any atom is 0.143 e. The largest absolute Gasteiger partial charge is 0.496 e. The van der Waals surface area contributed by atoms with Crippen LogP contribution in [0.4, 0.5) is 0 Å². The normalized spacial score (nSPS) is 9.93. The van der Waals surface area contributed by atoms with E-state index in [4.69, 9.17) is 21.6 Å². The van der Waals surface area contributed by atoms with Crippen LogP contribution in [0.5, 0.6) is 5.75 Å². The van der Waals surface area contributed by atoms with Crippen molar-refractivity contribution in [2.75, 3.05) is 7.11 Å². The SMILES string of the molecule is COc1cccc2c(Cl)nc(C#N)cc12. The minimum absolute atomic E-state index is 0.289. The number of methoxy groups -OCH3 is 1. The molecule has 3 nitrogen and oxygen atoms in total. The van der Waals surface area contributed by atoms with Crippen LogP contribution in [0.15, 0.2) is 24.3 Å². The van der Waals surface area contributed by atoms with Gasteiger partial charge in [-0.3, -0.25) is 0 Å². The van der Waals surface area contributed by atoms with E-state index < -0.39 is 0 Å². The van der Waals surface area contributed by atoms with Gasteiger partial charge in [0.25, 0.3) is 0 Å². The molecule has 1 heterocycles. The number of aromatic nitrogens is 1. The maximum absolute atomic E-state index is 8.77. The molecule has 0 spiro atoms. The zero-order valence-electron chi connectivity index (χ0n) is 7.99. The molecule has 74 valence electrons. The quantitative estimate of drug-likeness (QED) is 0.692. The van der Waals surface area contributed by atoms with Gasteiger partial charge in [-0.2, -0.15) is 5.26 Å². The predicted molar refractivity (Wildman–Crippen MR) is 58.0 cm³/mol. The van der Waals surface area contributed by atoms with E-state index in [1.54, 1.807) is 13.2 Å². The van der Waals surface area contributed by atoms with E-state index in [1.165, 1.54) is 0 Å². The molecule has 0 unspecified atom stereocenters. The standard InChI is InChI=1S/C11H7ClN2O/c1-15-10-4-2-3-8-9(10)5-7(6-13)14-11(8)12/h2-5H,1H3. The van der Waals surface area contributed by atoms with Crippen molar-refractivity contribution in [2.24, 2.45) is 0 Å². The smallest absolute Gasteiger partial charge is 0.143 e. The number of nitriles is 1. The van der Waals surface area contributed by atoms with Gasteiger partial charge in [-0.15, -0.1) is 0 Å². The second-order valence-electron chi connectivity index (χ2n) is 2.97. The summed E-state index contributed by atoms with van der Waals surface area (Å²) in [6.07, 6.45) is 0. The van der Waals surface area contributed by atoms with Crippen molar-refractivity contribution in [3.8, 4) is 11.8 Å². The fourth-order valence-corrected chi connectivity index (χ4v) is 1.70. The third kappa shape index (κ3) is 1.60.